The second-order valence-corrected chi connectivity index (χ2v) is 8.91. The molecule has 6 heteroatoms. The quantitative estimate of drug-likeness (QED) is 0.560. The number of hydrogen-bond donors (Lipinski definition) is 1. The molecule has 31 heavy (non-hydrogen) atoms. The number of pyridine rings is 1. The topological polar surface area (TPSA) is 42.4 Å². The lowest BCUT2D eigenvalue weighted by molar-refractivity contribution is -0.200. The lowest BCUT2D eigenvalue weighted by Gasteiger charge is -2.40. The van der Waals surface area contributed by atoms with Crippen molar-refractivity contribution < 1.29 is 23.0 Å². The first-order chi connectivity index (χ1) is 14.6. The third kappa shape index (κ3) is 4.13. The number of rotatable bonds is 5. The molecule has 4 rings (SSSR count). The van der Waals surface area contributed by atoms with Gasteiger partial charge < -0.3 is 9.84 Å². The van der Waals surface area contributed by atoms with Gasteiger partial charge in [0.05, 0.1) is 23.1 Å². The van der Waals surface area contributed by atoms with Gasteiger partial charge in [0.2, 0.25) is 0 Å². The van der Waals surface area contributed by atoms with Gasteiger partial charge in [-0.05, 0) is 56.4 Å². The zero-order chi connectivity index (χ0) is 22.3. The summed E-state index contributed by atoms with van der Waals surface area (Å²) in [5.41, 5.74) is -1.46. The summed E-state index contributed by atoms with van der Waals surface area (Å²) >= 11 is 0. The Hall–Kier alpha value is -2.60. The molecule has 0 saturated heterocycles. The van der Waals surface area contributed by atoms with Gasteiger partial charge in [-0.15, -0.1) is 0 Å². The zero-order valence-corrected chi connectivity index (χ0v) is 17.7. The van der Waals surface area contributed by atoms with E-state index in [2.05, 4.69) is 4.98 Å². The fourth-order valence-electron chi connectivity index (χ4n) is 4.72. The van der Waals surface area contributed by atoms with E-state index in [1.165, 1.54) is 19.9 Å². The minimum Gasteiger partial charge on any atom is -0.493 e. The third-order valence-corrected chi connectivity index (χ3v) is 6.20. The number of para-hydroxylation sites is 2. The molecule has 0 bridgehead atoms. The molecular weight excluding hydrogens is 403 g/mol. The predicted octanol–water partition coefficient (Wildman–Crippen LogP) is 5.76. The number of hydrogen-bond acceptors (Lipinski definition) is 3. The maximum absolute atomic E-state index is 14.5. The van der Waals surface area contributed by atoms with Gasteiger partial charge in [0, 0.05) is 23.6 Å². The van der Waals surface area contributed by atoms with Gasteiger partial charge in [-0.1, -0.05) is 36.4 Å². The van der Waals surface area contributed by atoms with Crippen LogP contribution in [0.15, 0.2) is 54.7 Å². The number of aryl methyl sites for hydroxylation is 1. The molecule has 2 unspecified atom stereocenters. The van der Waals surface area contributed by atoms with E-state index in [4.69, 9.17) is 4.74 Å². The summed E-state index contributed by atoms with van der Waals surface area (Å²) < 4.78 is 49.2. The van der Waals surface area contributed by atoms with E-state index in [1.54, 1.807) is 18.3 Å². The zero-order valence-electron chi connectivity index (χ0n) is 17.7. The number of aromatic nitrogens is 1. The Labute approximate surface area is 179 Å². The maximum atomic E-state index is 14.5. The highest BCUT2D eigenvalue weighted by atomic mass is 19.4. The largest absolute Gasteiger partial charge is 0.493 e. The molecule has 2 heterocycles. The Kier molecular flexibility index (Phi) is 5.46. The fraction of sp³-hybridized carbons (Fsp3) is 0.400. The van der Waals surface area contributed by atoms with Gasteiger partial charge >= 0.3 is 6.18 Å². The summed E-state index contributed by atoms with van der Waals surface area (Å²) in [5, 5.41) is 12.1. The van der Waals surface area contributed by atoms with Crippen LogP contribution < -0.4 is 4.74 Å². The fourth-order valence-corrected chi connectivity index (χ4v) is 4.72. The molecule has 164 valence electrons. The Morgan fingerprint density at radius 3 is 2.58 bits per heavy atom. The molecule has 1 N–H and O–H groups in total. The maximum Gasteiger partial charge on any atom is 0.398 e. The minimum absolute atomic E-state index is 0.0809. The van der Waals surface area contributed by atoms with Crippen LogP contribution in [0.2, 0.25) is 0 Å². The van der Waals surface area contributed by atoms with E-state index >= 15 is 0 Å². The Morgan fingerprint density at radius 1 is 1.03 bits per heavy atom. The first-order valence-corrected chi connectivity index (χ1v) is 10.5. The predicted molar refractivity (Wildman–Crippen MR) is 114 cm³/mol. The molecule has 2 aromatic carbocycles. The number of aliphatic hydroxyl groups is 1. The van der Waals surface area contributed by atoms with Crippen molar-refractivity contribution >= 4 is 10.9 Å². The first-order valence-electron chi connectivity index (χ1n) is 10.5. The molecule has 0 amide bonds. The van der Waals surface area contributed by atoms with Crippen molar-refractivity contribution in [3.05, 3.63) is 71.4 Å². The molecular formula is C25H26F3NO2. The van der Waals surface area contributed by atoms with E-state index in [9.17, 15) is 18.3 Å². The number of benzene rings is 2. The summed E-state index contributed by atoms with van der Waals surface area (Å²) in [6.07, 6.45) is -1.87. The number of fused-ring (bicyclic) bond motifs is 2. The average Bonchev–Trinajstić information content (AvgIpc) is 2.72. The summed E-state index contributed by atoms with van der Waals surface area (Å²) in [7, 11) is 0. The van der Waals surface area contributed by atoms with Gasteiger partial charge in [0.1, 0.15) is 5.75 Å². The Bertz CT molecular complexity index is 1090. The normalized spacial score (nSPS) is 18.0. The van der Waals surface area contributed by atoms with Crippen molar-refractivity contribution in [3.8, 4) is 5.75 Å². The first kappa shape index (κ1) is 21.6. The molecule has 2 atom stereocenters. The van der Waals surface area contributed by atoms with Crippen LogP contribution in [0.5, 0.6) is 5.75 Å². The van der Waals surface area contributed by atoms with Gasteiger partial charge in [0.15, 0.2) is 0 Å². The van der Waals surface area contributed by atoms with Crippen LogP contribution in [-0.2, 0) is 18.3 Å². The van der Waals surface area contributed by atoms with Crippen LogP contribution in [0.3, 0.4) is 0 Å². The summed E-state index contributed by atoms with van der Waals surface area (Å²) in [6, 6.07) is 14.1. The van der Waals surface area contributed by atoms with E-state index in [-0.39, 0.29) is 12.0 Å². The molecule has 3 nitrogen and oxygen atoms in total. The molecule has 0 spiro atoms. The number of halogens is 3. The molecule has 1 aliphatic heterocycles. The monoisotopic (exact) mass is 429 g/mol. The summed E-state index contributed by atoms with van der Waals surface area (Å²) in [5.74, 6) is 0.318. The average molecular weight is 429 g/mol. The van der Waals surface area contributed by atoms with Crippen LogP contribution in [0.25, 0.3) is 10.9 Å². The molecule has 0 aliphatic carbocycles. The van der Waals surface area contributed by atoms with Crippen molar-refractivity contribution in [1.82, 2.24) is 4.98 Å². The number of nitrogens with zero attached hydrogens (tertiary/aromatic N) is 1. The molecule has 0 radical (unpaired) electrons. The Balaban J connectivity index is 1.73. The van der Waals surface area contributed by atoms with Crippen LogP contribution in [0.1, 0.15) is 43.4 Å². The lowest BCUT2D eigenvalue weighted by Crippen LogP contribution is -2.47. The van der Waals surface area contributed by atoms with E-state index in [0.717, 1.165) is 28.5 Å². The third-order valence-electron chi connectivity index (χ3n) is 6.20. The molecule has 1 aromatic heterocycles. The molecule has 0 saturated carbocycles. The second-order valence-electron chi connectivity index (χ2n) is 8.91. The SMILES string of the molecule is CC(O)(Cc1ccnc2ccccc12)CC(C)(c1cccc2c1OCCC2)C(F)(F)F. The van der Waals surface area contributed by atoms with Crippen molar-refractivity contribution in [2.45, 2.75) is 56.7 Å². The van der Waals surface area contributed by atoms with Crippen molar-refractivity contribution in [1.29, 1.82) is 0 Å². The lowest BCUT2D eigenvalue weighted by atomic mass is 9.71. The highest BCUT2D eigenvalue weighted by Crippen LogP contribution is 2.50. The van der Waals surface area contributed by atoms with Crippen molar-refractivity contribution in [2.75, 3.05) is 6.61 Å². The van der Waals surface area contributed by atoms with E-state index < -0.39 is 23.6 Å². The van der Waals surface area contributed by atoms with Crippen molar-refractivity contribution in [2.24, 2.45) is 0 Å². The second kappa shape index (κ2) is 7.83. The highest BCUT2D eigenvalue weighted by molar-refractivity contribution is 5.81. The smallest absolute Gasteiger partial charge is 0.398 e. The van der Waals surface area contributed by atoms with E-state index in [1.807, 2.05) is 30.3 Å². The summed E-state index contributed by atoms with van der Waals surface area (Å²) in [6.45, 7) is 3.04. The van der Waals surface area contributed by atoms with Crippen LogP contribution in [0, 0.1) is 0 Å². The van der Waals surface area contributed by atoms with Crippen LogP contribution in [-0.4, -0.2) is 28.5 Å². The summed E-state index contributed by atoms with van der Waals surface area (Å²) in [4.78, 5) is 4.30. The van der Waals surface area contributed by atoms with Gasteiger partial charge in [0.25, 0.3) is 0 Å². The molecule has 3 aromatic rings. The minimum atomic E-state index is -4.56. The highest BCUT2D eigenvalue weighted by Gasteiger charge is 2.56. The molecule has 0 fully saturated rings. The van der Waals surface area contributed by atoms with E-state index in [0.29, 0.717) is 18.8 Å². The van der Waals surface area contributed by atoms with Crippen molar-refractivity contribution in [3.63, 3.8) is 0 Å². The van der Waals surface area contributed by atoms with Gasteiger partial charge in [-0.2, -0.15) is 13.2 Å². The molecule has 1 aliphatic rings. The van der Waals surface area contributed by atoms with Gasteiger partial charge in [-0.25, -0.2) is 0 Å². The van der Waals surface area contributed by atoms with Gasteiger partial charge in [-0.3, -0.25) is 4.98 Å². The van der Waals surface area contributed by atoms with Crippen LogP contribution >= 0.6 is 0 Å². The number of ether oxygens (including phenoxy) is 1. The van der Waals surface area contributed by atoms with Crippen LogP contribution in [0.4, 0.5) is 13.2 Å². The standard InChI is InChI=1S/C25H26F3NO2/c1-23(30,15-18-12-13-29-21-11-4-3-9-19(18)21)16-24(2,25(26,27)28)20-10-5-7-17-8-6-14-31-22(17)20/h3-5,7,9-13,30H,6,8,14-16H2,1-2H3. The number of alkyl halides is 3. The Morgan fingerprint density at radius 2 is 1.81 bits per heavy atom.